The molecule has 2 rings (SSSR count). The maximum Gasteiger partial charge on any atom is 0.239 e. The van der Waals surface area contributed by atoms with Crippen LogP contribution in [0.4, 0.5) is 0 Å². The lowest BCUT2D eigenvalue weighted by Gasteiger charge is -2.33. The zero-order valence-corrected chi connectivity index (χ0v) is 9.82. The molecule has 1 saturated carbocycles. The number of rotatable bonds is 5. The summed E-state index contributed by atoms with van der Waals surface area (Å²) in [7, 11) is 1.99. The fourth-order valence-corrected chi connectivity index (χ4v) is 2.42. The molecule has 0 aromatic heterocycles. The fraction of sp³-hybridized carbons (Fsp3) is 0.909. The van der Waals surface area contributed by atoms with E-state index in [0.717, 1.165) is 32.5 Å². The first-order chi connectivity index (χ1) is 7.54. The minimum Gasteiger partial charge on any atom is -0.380 e. The number of amides is 1. The Bertz CT molecular complexity index is 274. The van der Waals surface area contributed by atoms with Gasteiger partial charge in [0.1, 0.15) is 5.54 Å². The highest BCUT2D eigenvalue weighted by Crippen LogP contribution is 2.38. The zero-order valence-electron chi connectivity index (χ0n) is 9.82. The molecular formula is C11H21N3O2. The van der Waals surface area contributed by atoms with E-state index < -0.39 is 5.54 Å². The number of primary amides is 1. The van der Waals surface area contributed by atoms with Crippen LogP contribution in [0.2, 0.25) is 0 Å². The lowest BCUT2D eigenvalue weighted by atomic mass is 9.92. The molecule has 1 amide bonds. The summed E-state index contributed by atoms with van der Waals surface area (Å²) in [5.74, 6) is -0.101. The van der Waals surface area contributed by atoms with Gasteiger partial charge in [0.05, 0.1) is 6.61 Å². The molecule has 0 bridgehead atoms. The monoisotopic (exact) mass is 227 g/mol. The van der Waals surface area contributed by atoms with Gasteiger partial charge in [-0.2, -0.15) is 0 Å². The van der Waals surface area contributed by atoms with Gasteiger partial charge in [0.15, 0.2) is 0 Å². The van der Waals surface area contributed by atoms with Crippen molar-refractivity contribution in [3.05, 3.63) is 0 Å². The van der Waals surface area contributed by atoms with Crippen molar-refractivity contribution in [3.63, 3.8) is 0 Å². The van der Waals surface area contributed by atoms with Gasteiger partial charge in [-0.1, -0.05) is 0 Å². The second-order valence-electron chi connectivity index (χ2n) is 5.11. The molecule has 16 heavy (non-hydrogen) atoms. The molecule has 5 nitrogen and oxygen atoms in total. The van der Waals surface area contributed by atoms with E-state index >= 15 is 0 Å². The van der Waals surface area contributed by atoms with Gasteiger partial charge in [0, 0.05) is 19.2 Å². The van der Waals surface area contributed by atoms with E-state index in [1.54, 1.807) is 0 Å². The summed E-state index contributed by atoms with van der Waals surface area (Å²) in [6.07, 6.45) is 3.05. The third-order valence-corrected chi connectivity index (χ3v) is 3.80. The van der Waals surface area contributed by atoms with Crippen LogP contribution in [0.15, 0.2) is 0 Å². The van der Waals surface area contributed by atoms with E-state index in [2.05, 4.69) is 4.90 Å². The number of nitrogens with two attached hydrogens (primary N) is 2. The SMILES string of the molecule is CN(CC(N)(C(N)=O)C1CC1)C1CCOC1. The topological polar surface area (TPSA) is 81.6 Å². The highest BCUT2D eigenvalue weighted by molar-refractivity contribution is 5.85. The van der Waals surface area contributed by atoms with Crippen molar-refractivity contribution < 1.29 is 9.53 Å². The Morgan fingerprint density at radius 2 is 2.19 bits per heavy atom. The summed E-state index contributed by atoms with van der Waals surface area (Å²) >= 11 is 0. The molecule has 2 atom stereocenters. The highest BCUT2D eigenvalue weighted by Gasteiger charge is 2.48. The normalized spacial score (nSPS) is 29.3. The Morgan fingerprint density at radius 3 is 2.62 bits per heavy atom. The minimum atomic E-state index is -0.850. The first-order valence-corrected chi connectivity index (χ1v) is 5.91. The second-order valence-corrected chi connectivity index (χ2v) is 5.11. The van der Waals surface area contributed by atoms with Crippen LogP contribution in [0.1, 0.15) is 19.3 Å². The van der Waals surface area contributed by atoms with Crippen molar-refractivity contribution in [2.45, 2.75) is 30.8 Å². The van der Waals surface area contributed by atoms with Crippen molar-refractivity contribution in [2.24, 2.45) is 17.4 Å². The molecule has 0 aromatic rings. The molecule has 1 aliphatic carbocycles. The molecule has 4 N–H and O–H groups in total. The predicted octanol–water partition coefficient (Wildman–Crippen LogP) is -0.700. The molecule has 0 spiro atoms. The summed E-state index contributed by atoms with van der Waals surface area (Å²) in [6.45, 7) is 2.07. The Kier molecular flexibility index (Phi) is 3.19. The third-order valence-electron chi connectivity index (χ3n) is 3.80. The van der Waals surface area contributed by atoms with Crippen LogP contribution >= 0.6 is 0 Å². The third kappa shape index (κ3) is 2.21. The van der Waals surface area contributed by atoms with Crippen molar-refractivity contribution in [1.82, 2.24) is 4.90 Å². The average Bonchev–Trinajstić information content (AvgIpc) is 2.94. The van der Waals surface area contributed by atoms with Gasteiger partial charge in [-0.3, -0.25) is 9.69 Å². The second kappa shape index (κ2) is 4.31. The Morgan fingerprint density at radius 1 is 1.50 bits per heavy atom. The number of hydrogen-bond acceptors (Lipinski definition) is 4. The molecule has 0 aromatic carbocycles. The predicted molar refractivity (Wildman–Crippen MR) is 60.7 cm³/mol. The quantitative estimate of drug-likeness (QED) is 0.650. The summed E-state index contributed by atoms with van der Waals surface area (Å²) in [5, 5.41) is 0. The van der Waals surface area contributed by atoms with Gasteiger partial charge in [0.2, 0.25) is 5.91 Å². The van der Waals surface area contributed by atoms with Crippen LogP contribution in [-0.2, 0) is 9.53 Å². The van der Waals surface area contributed by atoms with Crippen molar-refractivity contribution >= 4 is 5.91 Å². The van der Waals surface area contributed by atoms with E-state index in [1.165, 1.54) is 0 Å². The number of carbonyl (C=O) groups is 1. The van der Waals surface area contributed by atoms with Crippen LogP contribution in [0.25, 0.3) is 0 Å². The van der Waals surface area contributed by atoms with E-state index in [4.69, 9.17) is 16.2 Å². The fourth-order valence-electron chi connectivity index (χ4n) is 2.42. The van der Waals surface area contributed by atoms with Crippen LogP contribution in [-0.4, -0.2) is 49.2 Å². The Balaban J connectivity index is 1.97. The molecule has 5 heteroatoms. The van der Waals surface area contributed by atoms with Crippen LogP contribution in [0.5, 0.6) is 0 Å². The maximum atomic E-state index is 11.5. The van der Waals surface area contributed by atoms with Gasteiger partial charge in [0.25, 0.3) is 0 Å². The van der Waals surface area contributed by atoms with Gasteiger partial charge in [-0.15, -0.1) is 0 Å². The van der Waals surface area contributed by atoms with Crippen LogP contribution < -0.4 is 11.5 Å². The van der Waals surface area contributed by atoms with Crippen molar-refractivity contribution in [3.8, 4) is 0 Å². The minimum absolute atomic E-state index is 0.273. The summed E-state index contributed by atoms with van der Waals surface area (Å²) in [5.41, 5.74) is 10.7. The first-order valence-electron chi connectivity index (χ1n) is 5.91. The molecule has 1 aliphatic heterocycles. The number of carbonyl (C=O) groups excluding carboxylic acids is 1. The average molecular weight is 227 g/mol. The van der Waals surface area contributed by atoms with Gasteiger partial charge < -0.3 is 16.2 Å². The van der Waals surface area contributed by atoms with Crippen LogP contribution in [0.3, 0.4) is 0 Å². The molecule has 1 saturated heterocycles. The smallest absolute Gasteiger partial charge is 0.239 e. The van der Waals surface area contributed by atoms with Crippen molar-refractivity contribution in [2.75, 3.05) is 26.8 Å². The standard InChI is InChI=1S/C11H21N3O2/c1-14(9-4-5-16-6-9)7-11(13,10(12)15)8-2-3-8/h8-9H,2-7,13H2,1H3,(H2,12,15). The van der Waals surface area contributed by atoms with Gasteiger partial charge in [-0.25, -0.2) is 0 Å². The van der Waals surface area contributed by atoms with E-state index in [-0.39, 0.29) is 11.8 Å². The maximum absolute atomic E-state index is 11.5. The van der Waals surface area contributed by atoms with Crippen LogP contribution in [0, 0.1) is 5.92 Å². The number of likely N-dealkylation sites (N-methyl/N-ethyl adjacent to an activating group) is 1. The Labute approximate surface area is 96.1 Å². The molecular weight excluding hydrogens is 206 g/mol. The molecule has 2 fully saturated rings. The summed E-state index contributed by atoms with van der Waals surface area (Å²) < 4.78 is 5.33. The lowest BCUT2D eigenvalue weighted by Crippen LogP contribution is -2.61. The summed E-state index contributed by atoms with van der Waals surface area (Å²) in [6, 6.07) is 0.376. The molecule has 92 valence electrons. The molecule has 1 heterocycles. The van der Waals surface area contributed by atoms with Gasteiger partial charge >= 0.3 is 0 Å². The molecule has 2 aliphatic rings. The highest BCUT2D eigenvalue weighted by atomic mass is 16.5. The number of nitrogens with zero attached hydrogens (tertiary/aromatic N) is 1. The van der Waals surface area contributed by atoms with E-state index in [1.807, 2.05) is 7.05 Å². The zero-order chi connectivity index (χ0) is 11.8. The molecule has 0 radical (unpaired) electrons. The van der Waals surface area contributed by atoms with E-state index in [0.29, 0.717) is 12.6 Å². The first kappa shape index (κ1) is 11.8. The lowest BCUT2D eigenvalue weighted by molar-refractivity contribution is -0.124. The largest absolute Gasteiger partial charge is 0.380 e. The summed E-state index contributed by atoms with van der Waals surface area (Å²) in [4.78, 5) is 13.6. The number of ether oxygens (including phenoxy) is 1. The number of hydrogen-bond donors (Lipinski definition) is 2. The van der Waals surface area contributed by atoms with Crippen molar-refractivity contribution in [1.29, 1.82) is 0 Å². The molecule has 2 unspecified atom stereocenters. The van der Waals surface area contributed by atoms with E-state index in [9.17, 15) is 4.79 Å². The van der Waals surface area contributed by atoms with Gasteiger partial charge in [-0.05, 0) is 32.2 Å². The Hall–Kier alpha value is -0.650.